The quantitative estimate of drug-likeness (QED) is 0.425. The van der Waals surface area contributed by atoms with Crippen molar-refractivity contribution in [1.82, 2.24) is 15.0 Å². The summed E-state index contributed by atoms with van der Waals surface area (Å²) in [6, 6.07) is 8.03. The normalized spacial score (nSPS) is 25.0. The molecule has 0 bridgehead atoms. The lowest BCUT2D eigenvalue weighted by atomic mass is 9.84. The maximum atomic E-state index is 11.8. The summed E-state index contributed by atoms with van der Waals surface area (Å²) >= 11 is 0. The van der Waals surface area contributed by atoms with E-state index in [1.807, 2.05) is 51.2 Å². The number of aliphatic carboxylic acids is 1. The molecule has 180 valence electrons. The molecule has 33 heavy (non-hydrogen) atoms. The third kappa shape index (κ3) is 6.85. The maximum Gasteiger partial charge on any atom is 0.303 e. The monoisotopic (exact) mass is 459 g/mol. The third-order valence-electron chi connectivity index (χ3n) is 6.04. The van der Waals surface area contributed by atoms with Crippen molar-refractivity contribution in [3.05, 3.63) is 36.0 Å². The van der Waals surface area contributed by atoms with E-state index >= 15 is 0 Å². The van der Waals surface area contributed by atoms with Crippen LogP contribution in [0.5, 0.6) is 0 Å². The molecule has 3 rings (SSSR count). The molecule has 0 aliphatic carbocycles. The van der Waals surface area contributed by atoms with Gasteiger partial charge in [-0.25, -0.2) is 4.68 Å². The predicted molar refractivity (Wildman–Crippen MR) is 120 cm³/mol. The molecule has 0 saturated carbocycles. The number of carboxylic acids is 1. The van der Waals surface area contributed by atoms with Gasteiger partial charge in [-0.2, -0.15) is 0 Å². The Morgan fingerprint density at radius 3 is 2.70 bits per heavy atom. The van der Waals surface area contributed by atoms with Gasteiger partial charge in [0, 0.05) is 37.4 Å². The van der Waals surface area contributed by atoms with Gasteiger partial charge < -0.3 is 19.3 Å². The molecule has 2 aromatic rings. The van der Waals surface area contributed by atoms with Gasteiger partial charge in [0.2, 0.25) is 0 Å². The zero-order valence-electron chi connectivity index (χ0n) is 19.6. The first-order chi connectivity index (χ1) is 15.7. The molecule has 0 spiro atoms. The average molecular weight is 460 g/mol. The van der Waals surface area contributed by atoms with Gasteiger partial charge in [0.15, 0.2) is 6.29 Å². The highest BCUT2D eigenvalue weighted by molar-refractivity contribution is 5.66. The van der Waals surface area contributed by atoms with Crippen LogP contribution in [0.4, 0.5) is 0 Å². The summed E-state index contributed by atoms with van der Waals surface area (Å²) in [5, 5.41) is 17.3. The minimum atomic E-state index is -0.812. The zero-order chi connectivity index (χ0) is 24.0. The predicted octanol–water partition coefficient (Wildman–Crippen LogP) is 3.45. The van der Waals surface area contributed by atoms with Gasteiger partial charge in [0.05, 0.1) is 12.7 Å². The lowest BCUT2D eigenvalue weighted by Crippen LogP contribution is -2.53. The van der Waals surface area contributed by atoms with E-state index in [2.05, 4.69) is 10.3 Å². The van der Waals surface area contributed by atoms with E-state index in [1.54, 1.807) is 4.68 Å². The Labute approximate surface area is 194 Å². The van der Waals surface area contributed by atoms with Gasteiger partial charge in [-0.1, -0.05) is 42.8 Å². The maximum absolute atomic E-state index is 11.8. The minimum absolute atomic E-state index is 0.00330. The van der Waals surface area contributed by atoms with E-state index in [0.717, 1.165) is 16.8 Å². The molecular formula is C24H33N3O6. The third-order valence-corrected chi connectivity index (χ3v) is 6.04. The van der Waals surface area contributed by atoms with E-state index in [1.165, 1.54) is 6.92 Å². The number of hydrogen-bond acceptors (Lipinski definition) is 7. The number of carbonyl (C=O) groups is 2. The summed E-state index contributed by atoms with van der Waals surface area (Å²) in [5.74, 6) is -1.19. The van der Waals surface area contributed by atoms with Crippen LogP contribution in [0, 0.1) is 18.8 Å². The summed E-state index contributed by atoms with van der Waals surface area (Å²) in [6.07, 6.45) is 1.76. The number of benzene rings is 1. The topological polar surface area (TPSA) is 113 Å². The van der Waals surface area contributed by atoms with Crippen LogP contribution in [0.15, 0.2) is 30.5 Å². The molecule has 1 saturated heterocycles. The van der Waals surface area contributed by atoms with Crippen LogP contribution in [-0.4, -0.2) is 57.1 Å². The van der Waals surface area contributed by atoms with E-state index < -0.39 is 24.5 Å². The van der Waals surface area contributed by atoms with E-state index in [4.69, 9.17) is 19.3 Å². The standard InChI is InChI=1S/C24H33N3O6/c1-15-8-7-9-19(12-15)20-13-27(26-25-20)14-21-23(32-18(4)28)16(2)17(3)24(33-21)31-11-6-5-10-22(29)30/h7-9,12-13,16-17,21,23-24H,5-6,10-11,14H2,1-4H3,(H,29,30)/t16-,17?,21?,23-,24-/m1/s1. The number of ether oxygens (including phenoxy) is 3. The summed E-state index contributed by atoms with van der Waals surface area (Å²) in [4.78, 5) is 22.5. The van der Waals surface area contributed by atoms with E-state index in [9.17, 15) is 9.59 Å². The van der Waals surface area contributed by atoms with Crippen LogP contribution in [0.3, 0.4) is 0 Å². The number of unbranched alkanes of at least 4 members (excludes halogenated alkanes) is 1. The highest BCUT2D eigenvalue weighted by Crippen LogP contribution is 2.34. The van der Waals surface area contributed by atoms with Crippen LogP contribution in [-0.2, 0) is 30.3 Å². The molecule has 1 aliphatic rings. The van der Waals surface area contributed by atoms with Gasteiger partial charge in [0.25, 0.3) is 0 Å². The Bertz CT molecular complexity index is 946. The van der Waals surface area contributed by atoms with Gasteiger partial charge in [-0.05, 0) is 25.8 Å². The van der Waals surface area contributed by atoms with Crippen molar-refractivity contribution in [1.29, 1.82) is 0 Å². The van der Waals surface area contributed by atoms with Gasteiger partial charge in [0.1, 0.15) is 17.9 Å². The minimum Gasteiger partial charge on any atom is -0.481 e. The molecular weight excluding hydrogens is 426 g/mol. The number of carboxylic acid groups (broad SMARTS) is 1. The first kappa shape index (κ1) is 24.9. The molecule has 0 radical (unpaired) electrons. The van der Waals surface area contributed by atoms with Crippen molar-refractivity contribution in [2.24, 2.45) is 11.8 Å². The largest absolute Gasteiger partial charge is 0.481 e. The number of hydrogen-bond donors (Lipinski definition) is 1. The summed E-state index contributed by atoms with van der Waals surface area (Å²) < 4.78 is 19.5. The van der Waals surface area contributed by atoms with Gasteiger partial charge >= 0.3 is 11.9 Å². The fraction of sp³-hybridized carbons (Fsp3) is 0.583. The molecule has 1 aromatic heterocycles. The van der Waals surface area contributed by atoms with Crippen molar-refractivity contribution in [2.75, 3.05) is 6.61 Å². The van der Waals surface area contributed by atoms with E-state index in [-0.39, 0.29) is 24.2 Å². The average Bonchev–Trinajstić information content (AvgIpc) is 3.22. The van der Waals surface area contributed by atoms with Crippen LogP contribution in [0.2, 0.25) is 0 Å². The van der Waals surface area contributed by atoms with Gasteiger partial charge in [-0.15, -0.1) is 5.10 Å². The molecule has 1 N–H and O–H groups in total. The fourth-order valence-corrected chi connectivity index (χ4v) is 4.06. The van der Waals surface area contributed by atoms with Crippen molar-refractivity contribution in [3.63, 3.8) is 0 Å². The molecule has 1 aliphatic heterocycles. The van der Waals surface area contributed by atoms with Crippen molar-refractivity contribution >= 4 is 11.9 Å². The first-order valence-corrected chi connectivity index (χ1v) is 11.4. The van der Waals surface area contributed by atoms with Crippen LogP contribution in [0.1, 0.15) is 45.6 Å². The first-order valence-electron chi connectivity index (χ1n) is 11.4. The zero-order valence-corrected chi connectivity index (χ0v) is 19.6. The van der Waals surface area contributed by atoms with Crippen LogP contribution >= 0.6 is 0 Å². The molecule has 5 atom stereocenters. The van der Waals surface area contributed by atoms with Crippen LogP contribution < -0.4 is 0 Å². The number of aromatic nitrogens is 3. The molecule has 1 fully saturated rings. The Morgan fingerprint density at radius 1 is 1.21 bits per heavy atom. The van der Waals surface area contributed by atoms with Crippen LogP contribution in [0.25, 0.3) is 11.3 Å². The molecule has 0 amide bonds. The Kier molecular flexibility index (Phi) is 8.57. The summed E-state index contributed by atoms with van der Waals surface area (Å²) in [6.45, 7) is 8.20. The van der Waals surface area contributed by atoms with Crippen molar-refractivity contribution in [2.45, 2.75) is 72.0 Å². The number of aryl methyl sites for hydroxylation is 1. The number of carbonyl (C=O) groups excluding carboxylic acids is 1. The smallest absolute Gasteiger partial charge is 0.303 e. The number of rotatable bonds is 10. The second kappa shape index (κ2) is 11.4. The fourth-order valence-electron chi connectivity index (χ4n) is 4.06. The van der Waals surface area contributed by atoms with E-state index in [0.29, 0.717) is 26.0 Å². The second-order valence-electron chi connectivity index (χ2n) is 8.75. The molecule has 9 nitrogen and oxygen atoms in total. The Hall–Kier alpha value is -2.78. The highest BCUT2D eigenvalue weighted by Gasteiger charge is 2.44. The SMILES string of the molecule is CC(=O)O[C@H]1C(Cn2cc(-c3cccc(C)c3)nn2)O[C@@H](OCCCCC(=O)O)C(C)[C@H]1C. The highest BCUT2D eigenvalue weighted by atomic mass is 16.7. The number of esters is 1. The Balaban J connectivity index is 1.69. The molecule has 2 heterocycles. The lowest BCUT2D eigenvalue weighted by Gasteiger charge is -2.43. The van der Waals surface area contributed by atoms with Crippen molar-refractivity contribution < 1.29 is 28.9 Å². The molecule has 1 aromatic carbocycles. The lowest BCUT2D eigenvalue weighted by molar-refractivity contribution is -0.269. The van der Waals surface area contributed by atoms with Gasteiger partial charge in [-0.3, -0.25) is 9.59 Å². The summed E-state index contributed by atoms with van der Waals surface area (Å²) in [5.41, 5.74) is 2.87. The molecule has 2 unspecified atom stereocenters. The Morgan fingerprint density at radius 2 is 2.00 bits per heavy atom. The summed E-state index contributed by atoms with van der Waals surface area (Å²) in [7, 11) is 0. The second-order valence-corrected chi connectivity index (χ2v) is 8.75. The molecule has 9 heteroatoms. The van der Waals surface area contributed by atoms with Crippen molar-refractivity contribution in [3.8, 4) is 11.3 Å². The number of nitrogens with zero attached hydrogens (tertiary/aromatic N) is 3.